The summed E-state index contributed by atoms with van der Waals surface area (Å²) in [5.74, 6) is -0.310. The van der Waals surface area contributed by atoms with Gasteiger partial charge in [0.2, 0.25) is 5.91 Å². The fourth-order valence-corrected chi connectivity index (χ4v) is 7.41. The lowest BCUT2D eigenvalue weighted by Gasteiger charge is -2.33. The Morgan fingerprint density at radius 2 is 1.97 bits per heavy atom. The number of Topliss-reactive ketones (excluding diaryl/α,β-unsaturated/α-hetero) is 1. The standard InChI is InChI=1S/C23H23N3O4S2/c1-25-14-20(27)16-7-4-6-15-17(10-11-18(25)22(15)16)24-23(28)19-8-2-3-12-26(19)32(29,30)21-9-5-13-31-21/h4-7,9-11,13,19H,2-3,8,12,14H2,1H3,(H,24,28). The largest absolute Gasteiger partial charge is 0.366 e. The number of carbonyl (C=O) groups is 2. The van der Waals surface area contributed by atoms with E-state index in [0.29, 0.717) is 30.8 Å². The molecule has 1 amide bonds. The zero-order valence-corrected chi connectivity index (χ0v) is 19.2. The van der Waals surface area contributed by atoms with Crippen molar-refractivity contribution < 1.29 is 18.0 Å². The van der Waals surface area contributed by atoms with E-state index in [0.717, 1.165) is 40.6 Å². The molecule has 1 N–H and O–H groups in total. The molecule has 32 heavy (non-hydrogen) atoms. The van der Waals surface area contributed by atoms with Gasteiger partial charge < -0.3 is 10.2 Å². The molecule has 3 aromatic rings. The molecule has 1 saturated heterocycles. The Balaban J connectivity index is 1.50. The zero-order chi connectivity index (χ0) is 22.5. The molecule has 1 aromatic heterocycles. The van der Waals surface area contributed by atoms with Gasteiger partial charge in [-0.25, -0.2) is 8.42 Å². The number of nitrogens with one attached hydrogen (secondary N) is 1. The summed E-state index contributed by atoms with van der Waals surface area (Å²) in [6.07, 6.45) is 1.99. The molecule has 1 atom stereocenters. The normalized spacial score (nSPS) is 19.3. The van der Waals surface area contributed by atoms with Crippen LogP contribution in [0, 0.1) is 0 Å². The summed E-state index contributed by atoms with van der Waals surface area (Å²) in [7, 11) is -1.86. The number of thiophene rings is 1. The second-order valence-corrected chi connectivity index (χ2v) is 11.3. The average Bonchev–Trinajstić information content (AvgIpc) is 3.34. The molecule has 2 aliphatic heterocycles. The van der Waals surface area contributed by atoms with E-state index in [1.54, 1.807) is 17.5 Å². The predicted octanol–water partition coefficient (Wildman–Crippen LogP) is 3.72. The van der Waals surface area contributed by atoms with Gasteiger partial charge in [-0.2, -0.15) is 4.31 Å². The maximum Gasteiger partial charge on any atom is 0.253 e. The van der Waals surface area contributed by atoms with Crippen molar-refractivity contribution in [2.24, 2.45) is 0 Å². The second-order valence-electron chi connectivity index (χ2n) is 8.19. The van der Waals surface area contributed by atoms with E-state index in [1.165, 1.54) is 4.31 Å². The third-order valence-electron chi connectivity index (χ3n) is 6.18. The molecule has 2 aliphatic rings. The molecule has 9 heteroatoms. The smallest absolute Gasteiger partial charge is 0.253 e. The number of likely N-dealkylation sites (N-methyl/N-ethyl adjacent to an activating group) is 1. The van der Waals surface area contributed by atoms with Gasteiger partial charge >= 0.3 is 0 Å². The highest BCUT2D eigenvalue weighted by Gasteiger charge is 2.38. The number of nitrogens with zero attached hydrogens (tertiary/aromatic N) is 2. The van der Waals surface area contributed by atoms with Gasteiger partial charge in [0, 0.05) is 41.3 Å². The van der Waals surface area contributed by atoms with Crippen LogP contribution < -0.4 is 10.2 Å². The molecule has 5 rings (SSSR count). The molecule has 0 spiro atoms. The van der Waals surface area contributed by atoms with E-state index in [1.807, 2.05) is 42.3 Å². The summed E-state index contributed by atoms with van der Waals surface area (Å²) in [5.41, 5.74) is 2.16. The molecule has 1 unspecified atom stereocenters. The molecule has 7 nitrogen and oxygen atoms in total. The molecule has 0 radical (unpaired) electrons. The van der Waals surface area contributed by atoms with Crippen molar-refractivity contribution in [1.82, 2.24) is 4.31 Å². The van der Waals surface area contributed by atoms with Crippen LogP contribution in [-0.4, -0.2) is 50.6 Å². The summed E-state index contributed by atoms with van der Waals surface area (Å²) in [6, 6.07) is 11.7. The van der Waals surface area contributed by atoms with Gasteiger partial charge in [0.1, 0.15) is 10.3 Å². The first kappa shape index (κ1) is 21.1. The SMILES string of the molecule is CN1CC(=O)c2cccc3c(NC(=O)C4CCCCN4S(=O)(=O)c4cccs4)ccc1c23. The van der Waals surface area contributed by atoms with Crippen LogP contribution in [0.15, 0.2) is 52.1 Å². The summed E-state index contributed by atoms with van der Waals surface area (Å²) < 4.78 is 27.9. The summed E-state index contributed by atoms with van der Waals surface area (Å²) in [5, 5.41) is 6.27. The first-order valence-corrected chi connectivity index (χ1v) is 12.9. The van der Waals surface area contributed by atoms with Crippen LogP contribution in [0.5, 0.6) is 0 Å². The number of ketones is 1. The fraction of sp³-hybridized carbons (Fsp3) is 0.304. The topological polar surface area (TPSA) is 86.8 Å². The third kappa shape index (κ3) is 3.41. The quantitative estimate of drug-likeness (QED) is 0.629. The number of carbonyl (C=O) groups excluding carboxylic acids is 2. The molecule has 0 aliphatic carbocycles. The first-order valence-electron chi connectivity index (χ1n) is 10.5. The monoisotopic (exact) mass is 469 g/mol. The molecule has 0 saturated carbocycles. The van der Waals surface area contributed by atoms with Crippen molar-refractivity contribution in [2.45, 2.75) is 29.5 Å². The summed E-state index contributed by atoms with van der Waals surface area (Å²) in [4.78, 5) is 27.8. The Labute approximate surface area is 190 Å². The van der Waals surface area contributed by atoms with Crippen LogP contribution in [0.3, 0.4) is 0 Å². The van der Waals surface area contributed by atoms with Gasteiger partial charge in [0.15, 0.2) is 5.78 Å². The lowest BCUT2D eigenvalue weighted by atomic mass is 9.94. The van der Waals surface area contributed by atoms with Crippen LogP contribution in [0.1, 0.15) is 29.6 Å². The minimum absolute atomic E-state index is 0.0366. The summed E-state index contributed by atoms with van der Waals surface area (Å²) in [6.45, 7) is 0.636. The predicted molar refractivity (Wildman–Crippen MR) is 126 cm³/mol. The van der Waals surface area contributed by atoms with Crippen LogP contribution in [-0.2, 0) is 14.8 Å². The van der Waals surface area contributed by atoms with Crippen molar-refractivity contribution in [3.63, 3.8) is 0 Å². The van der Waals surface area contributed by atoms with Gasteiger partial charge in [-0.3, -0.25) is 9.59 Å². The molecule has 0 bridgehead atoms. The van der Waals surface area contributed by atoms with E-state index in [2.05, 4.69) is 5.32 Å². The van der Waals surface area contributed by atoms with Crippen molar-refractivity contribution in [3.05, 3.63) is 53.4 Å². The number of sulfonamides is 1. The lowest BCUT2D eigenvalue weighted by Crippen LogP contribution is -2.49. The molecular weight excluding hydrogens is 446 g/mol. The van der Waals surface area contributed by atoms with Gasteiger partial charge in [-0.15, -0.1) is 11.3 Å². The van der Waals surface area contributed by atoms with Crippen molar-refractivity contribution in [1.29, 1.82) is 0 Å². The lowest BCUT2D eigenvalue weighted by molar-refractivity contribution is -0.120. The van der Waals surface area contributed by atoms with Crippen LogP contribution in [0.4, 0.5) is 11.4 Å². The van der Waals surface area contributed by atoms with Crippen molar-refractivity contribution in [2.75, 3.05) is 30.4 Å². The Kier molecular flexibility index (Phi) is 5.27. The fourth-order valence-electron chi connectivity index (χ4n) is 4.63. The Bertz CT molecular complexity index is 1320. The van der Waals surface area contributed by atoms with E-state index in [4.69, 9.17) is 0 Å². The number of anilines is 2. The highest BCUT2D eigenvalue weighted by atomic mass is 32.2. The number of benzene rings is 2. The average molecular weight is 470 g/mol. The summed E-state index contributed by atoms with van der Waals surface area (Å²) >= 11 is 1.16. The molecular formula is C23H23N3O4S2. The van der Waals surface area contributed by atoms with E-state index in [9.17, 15) is 18.0 Å². The van der Waals surface area contributed by atoms with Gasteiger partial charge in [-0.05, 0) is 36.4 Å². The number of hydrogen-bond acceptors (Lipinski definition) is 6. The second kappa shape index (κ2) is 7.99. The molecule has 1 fully saturated rings. The van der Waals surface area contributed by atoms with Crippen LogP contribution >= 0.6 is 11.3 Å². The van der Waals surface area contributed by atoms with E-state index in [-0.39, 0.29) is 15.9 Å². The maximum absolute atomic E-state index is 13.3. The third-order valence-corrected chi connectivity index (χ3v) is 9.46. The highest BCUT2D eigenvalue weighted by Crippen LogP contribution is 2.38. The number of hydrogen-bond donors (Lipinski definition) is 1. The minimum atomic E-state index is -3.73. The Hall–Kier alpha value is -2.75. The zero-order valence-electron chi connectivity index (χ0n) is 17.6. The maximum atomic E-state index is 13.3. The molecule has 166 valence electrons. The highest BCUT2D eigenvalue weighted by molar-refractivity contribution is 7.91. The Morgan fingerprint density at radius 3 is 2.75 bits per heavy atom. The molecule has 3 heterocycles. The van der Waals surface area contributed by atoms with Gasteiger partial charge in [0.05, 0.1) is 6.54 Å². The van der Waals surface area contributed by atoms with Gasteiger partial charge in [0.25, 0.3) is 10.0 Å². The van der Waals surface area contributed by atoms with Crippen molar-refractivity contribution >= 4 is 55.2 Å². The molecule has 2 aromatic carbocycles. The number of amides is 1. The number of piperidine rings is 1. The Morgan fingerprint density at radius 1 is 1.12 bits per heavy atom. The van der Waals surface area contributed by atoms with Crippen molar-refractivity contribution in [3.8, 4) is 0 Å². The van der Waals surface area contributed by atoms with E-state index < -0.39 is 16.1 Å². The first-order chi connectivity index (χ1) is 15.4. The minimum Gasteiger partial charge on any atom is -0.366 e. The van der Waals surface area contributed by atoms with Crippen LogP contribution in [0.25, 0.3) is 10.8 Å². The van der Waals surface area contributed by atoms with Gasteiger partial charge in [-0.1, -0.05) is 30.7 Å². The number of rotatable bonds is 4. The van der Waals surface area contributed by atoms with E-state index >= 15 is 0 Å². The van der Waals surface area contributed by atoms with Crippen LogP contribution in [0.2, 0.25) is 0 Å².